The first-order valence-corrected chi connectivity index (χ1v) is 49.0. The number of amides is 2. The maximum atomic E-state index is 13.4. The number of aryl methyl sites for hydroxylation is 11. The van der Waals surface area contributed by atoms with Crippen LogP contribution in [0.1, 0.15) is 111 Å². The third-order valence-electron chi connectivity index (χ3n) is 23.5. The fraction of sp³-hybridized carbons (Fsp3) is 0.256. The Bertz CT molecular complexity index is 6440. The lowest BCUT2D eigenvalue weighted by molar-refractivity contribution is -0.122. The largest absolute Gasteiger partial charge is 0.490 e. The summed E-state index contributed by atoms with van der Waals surface area (Å²) < 4.78 is 77.8. The Morgan fingerprint density at radius 1 is 0.454 bits per heavy atom. The van der Waals surface area contributed by atoms with Crippen LogP contribution in [-0.4, -0.2) is 99.5 Å². The lowest BCUT2D eigenvalue weighted by atomic mass is 10.0. The summed E-state index contributed by atoms with van der Waals surface area (Å²) >= 11 is 30.5. The van der Waals surface area contributed by atoms with Gasteiger partial charge in [0, 0.05) is 43.9 Å². The van der Waals surface area contributed by atoms with Crippen LogP contribution in [0.15, 0.2) is 314 Å². The van der Waals surface area contributed by atoms with Crippen molar-refractivity contribution in [1.29, 1.82) is 0 Å². The number of aliphatic hydroxyl groups excluding tert-OH is 1. The molecule has 1 N–H and O–H groups in total. The van der Waals surface area contributed by atoms with Crippen LogP contribution in [0.2, 0.25) is 25.1 Å². The molecular formula is C117H118Cl5F2N5O12. The first kappa shape index (κ1) is 105. The van der Waals surface area contributed by atoms with Gasteiger partial charge in [-0.15, -0.1) is 0 Å². The van der Waals surface area contributed by atoms with Crippen LogP contribution in [0.4, 0.5) is 36.7 Å². The molecule has 732 valence electrons. The Morgan fingerprint density at radius 3 is 1.57 bits per heavy atom. The van der Waals surface area contributed by atoms with Crippen LogP contribution in [0.3, 0.4) is 0 Å². The smallest absolute Gasteiger partial charge is 0.419 e. The average Bonchev–Trinajstić information content (AvgIpc) is 1.73. The topological polar surface area (TPSA) is 167 Å². The van der Waals surface area contributed by atoms with Crippen LogP contribution in [0, 0.1) is 73.9 Å². The molecule has 141 heavy (non-hydrogen) atoms. The second kappa shape index (κ2) is 52.3. The quantitative estimate of drug-likeness (QED) is 0.0448. The molecule has 0 aliphatic carbocycles. The maximum Gasteiger partial charge on any atom is 0.419 e. The predicted octanol–water partition coefficient (Wildman–Crippen LogP) is 29.4. The van der Waals surface area contributed by atoms with Crippen molar-refractivity contribution in [3.05, 3.63) is 418 Å². The van der Waals surface area contributed by atoms with E-state index in [1.54, 1.807) is 28.9 Å². The van der Waals surface area contributed by atoms with Gasteiger partial charge in [-0.05, 0) is 262 Å². The van der Waals surface area contributed by atoms with Crippen LogP contribution in [0.5, 0.6) is 46.0 Å². The van der Waals surface area contributed by atoms with Gasteiger partial charge >= 0.3 is 6.09 Å². The fourth-order valence-electron chi connectivity index (χ4n) is 15.5. The molecule has 3 unspecified atom stereocenters. The number of fused-ring (bicyclic) bond motifs is 2. The molecule has 19 rings (SSSR count). The van der Waals surface area contributed by atoms with E-state index < -0.39 is 17.7 Å². The molecule has 0 radical (unpaired) electrons. The summed E-state index contributed by atoms with van der Waals surface area (Å²) in [6, 6.07) is 99.8. The zero-order valence-corrected chi connectivity index (χ0v) is 84.7. The van der Waals surface area contributed by atoms with E-state index in [1.165, 1.54) is 61.3 Å². The Morgan fingerprint density at radius 2 is 0.965 bits per heavy atom. The van der Waals surface area contributed by atoms with E-state index >= 15 is 0 Å². The number of oxazole rings is 1. The third-order valence-corrected chi connectivity index (χ3v) is 25.0. The van der Waals surface area contributed by atoms with E-state index in [0.717, 1.165) is 127 Å². The molecule has 4 aliphatic rings. The standard InChI is InChI=1S/C19H21Cl2NO2.C17H16N2O2.2C17H17NO2.C16H16Cl2O2.C16H15ClF2O.C15H16O/c1-12-3-5-15(6-4-12)22-8-7-16(11-22)24-19-17(20)9-14(13(2)23)10-18(19)21;1-12-6-8-13(9-7-12)20-14-10-19(11-14)17-18-15-4-2-3-5-16(15)21-17;1-13-8-10-15(11-9-13)20-17(19)18-12-4-6-14-5-2-3-7-16(14)18;1-13-7-9-15(10-8-13)20-16-11-12-18(17(16)19)14-5-3-2-4-6-14;1-11-3-5-13(6-4-11)19-7-8-20-16-14(17)9-12(2)10-15(16)18;1-11-4-6-12(7-5-11)3-2-10-20-16-14(19)9-8-13(18)15(16)17;1-12-7-9-14(10-8-12)11-16-15-6-4-3-5-13(15)2/h3-6,9-10,13,16,23H,7-8,11H2,1-2H3;2-9,14H,10-11H2,1H3;2-3,5,7-11H,4,6,12H2,1H3;2-10,16H,11-12H2,1H3;3-6,9-10H,7-8H2,1-2H3;4-9H,2-3,10H2,1H3;3-10H,11H2,1-2H3. The molecule has 2 amide bonds. The molecule has 14 aromatic carbocycles. The number of halogens is 7. The molecule has 0 saturated carbocycles. The van der Waals surface area contributed by atoms with Crippen molar-refractivity contribution >= 4 is 104 Å². The van der Waals surface area contributed by atoms with E-state index in [-0.39, 0.29) is 47.7 Å². The van der Waals surface area contributed by atoms with E-state index in [0.29, 0.717) is 88.2 Å². The summed E-state index contributed by atoms with van der Waals surface area (Å²) in [5.41, 5.74) is 19.8. The number of ether oxygens (including phenoxy) is 8. The number of aromatic nitrogens is 1. The predicted molar refractivity (Wildman–Crippen MR) is 566 cm³/mol. The second-order valence-electron chi connectivity index (χ2n) is 35.0. The lowest BCUT2D eigenvalue weighted by Crippen LogP contribution is -2.54. The molecule has 17 nitrogen and oxygen atoms in total. The monoisotopic (exact) mass is 2000 g/mol. The van der Waals surface area contributed by atoms with Gasteiger partial charge in [0.1, 0.15) is 77.1 Å². The molecule has 3 fully saturated rings. The van der Waals surface area contributed by atoms with Gasteiger partial charge < -0.3 is 62.1 Å². The van der Waals surface area contributed by atoms with Crippen LogP contribution >= 0.6 is 58.0 Å². The zero-order valence-electron chi connectivity index (χ0n) is 80.9. The normalized spacial score (nSPS) is 14.1. The molecule has 4 aliphatic heterocycles. The molecule has 24 heteroatoms. The molecular weight excluding hydrogens is 1880 g/mol. The summed E-state index contributed by atoms with van der Waals surface area (Å²) in [4.78, 5) is 37.1. The highest BCUT2D eigenvalue weighted by Gasteiger charge is 2.36. The van der Waals surface area contributed by atoms with Crippen molar-refractivity contribution < 1.29 is 65.8 Å². The highest BCUT2D eigenvalue weighted by atomic mass is 35.5. The number of benzene rings is 14. The summed E-state index contributed by atoms with van der Waals surface area (Å²) in [5, 5.41) is 11.3. The van der Waals surface area contributed by atoms with E-state index in [9.17, 15) is 23.5 Å². The van der Waals surface area contributed by atoms with Gasteiger partial charge in [0.25, 0.3) is 11.9 Å². The van der Waals surface area contributed by atoms with Crippen LogP contribution < -0.4 is 57.5 Å². The first-order chi connectivity index (χ1) is 68.1. The minimum absolute atomic E-state index is 0.0387. The van der Waals surface area contributed by atoms with Gasteiger partial charge in [-0.25, -0.2) is 13.6 Å². The van der Waals surface area contributed by atoms with Crippen molar-refractivity contribution in [1.82, 2.24) is 4.98 Å². The summed E-state index contributed by atoms with van der Waals surface area (Å²) in [6.07, 6.45) is 4.09. The maximum absolute atomic E-state index is 13.4. The minimum atomic E-state index is -0.679. The van der Waals surface area contributed by atoms with Gasteiger partial charge in [-0.3, -0.25) is 9.69 Å². The van der Waals surface area contributed by atoms with Gasteiger partial charge in [0.15, 0.2) is 34.8 Å². The Balaban J connectivity index is 0.000000139. The Hall–Kier alpha value is -13.2. The minimum Gasteiger partial charge on any atom is -0.490 e. The van der Waals surface area contributed by atoms with Crippen molar-refractivity contribution in [2.24, 2.45) is 0 Å². The number of rotatable bonds is 24. The van der Waals surface area contributed by atoms with E-state index in [4.69, 9.17) is 100 Å². The lowest BCUT2D eigenvalue weighted by Gasteiger charge is -2.37. The number of anilines is 4. The average molecular weight is 2000 g/mol. The summed E-state index contributed by atoms with van der Waals surface area (Å²) in [5.74, 6) is 3.55. The van der Waals surface area contributed by atoms with Crippen molar-refractivity contribution in [3.8, 4) is 46.0 Å². The van der Waals surface area contributed by atoms with E-state index in [1.807, 2.05) is 247 Å². The molecule has 3 saturated heterocycles. The fourth-order valence-corrected chi connectivity index (χ4v) is 17.0. The van der Waals surface area contributed by atoms with Crippen LogP contribution in [0.25, 0.3) is 11.1 Å². The first-order valence-electron chi connectivity index (χ1n) is 47.2. The van der Waals surface area contributed by atoms with Crippen molar-refractivity contribution in [3.63, 3.8) is 0 Å². The summed E-state index contributed by atoms with van der Waals surface area (Å²) in [6.45, 7) is 26.5. The van der Waals surface area contributed by atoms with Gasteiger partial charge in [-0.1, -0.05) is 273 Å². The summed E-state index contributed by atoms with van der Waals surface area (Å²) in [7, 11) is 0. The number of hydrogen-bond donors (Lipinski definition) is 1. The highest BCUT2D eigenvalue weighted by molar-refractivity contribution is 6.38. The molecule has 1 aromatic heterocycles. The third kappa shape index (κ3) is 31.6. The molecule has 0 spiro atoms. The number of aliphatic hydroxyl groups is 1. The highest BCUT2D eigenvalue weighted by Crippen LogP contribution is 2.40. The second-order valence-corrected chi connectivity index (χ2v) is 37.0. The Kier molecular flexibility index (Phi) is 39.0. The van der Waals surface area contributed by atoms with E-state index in [2.05, 4.69) is 115 Å². The molecule has 3 atom stereocenters. The Labute approximate surface area is 850 Å². The van der Waals surface area contributed by atoms with Crippen LogP contribution in [-0.2, 0) is 24.2 Å². The molecule has 0 bridgehead atoms. The SMILES string of the molecule is Cc1ccc(CCCOc2c(F)ccc(F)c2Cl)cc1.Cc1ccc(COc2ccccc2C)cc1.Cc1ccc(N2CCC(Oc3c(Cl)cc(C(C)O)cc3Cl)C2)cc1.Cc1ccc(OC(=O)N2CCCc3ccccc32)cc1.Cc1ccc(OC2CCN(c3ccccc3)C2=O)cc1.Cc1ccc(OC2CN(c3nc4ccccc4o3)C2)cc1.Cc1ccc(OCCOc2c(Cl)cc(C)cc2Cl)cc1. The molecule has 15 aromatic rings. The number of nitrogens with zero attached hydrogens (tertiary/aromatic N) is 5. The number of para-hydroxylation sites is 5. The van der Waals surface area contributed by atoms with Gasteiger partial charge in [-0.2, -0.15) is 4.98 Å². The van der Waals surface area contributed by atoms with Crippen molar-refractivity contribution in [2.45, 2.75) is 139 Å². The molecule has 5 heterocycles. The van der Waals surface area contributed by atoms with Gasteiger partial charge in [0.2, 0.25) is 0 Å². The number of carbonyl (C=O) groups is 2. The number of hydrogen-bond acceptors (Lipinski definition) is 15. The number of carbonyl (C=O) groups excluding carboxylic acids is 2. The van der Waals surface area contributed by atoms with Crippen molar-refractivity contribution in [2.75, 3.05) is 78.7 Å². The zero-order chi connectivity index (χ0) is 99.9. The van der Waals surface area contributed by atoms with Gasteiger partial charge in [0.05, 0.1) is 58.1 Å².